The number of hydrogen-bond donors (Lipinski definition) is 0. The van der Waals surface area contributed by atoms with E-state index in [4.69, 9.17) is 16.3 Å². The quantitative estimate of drug-likeness (QED) is 0.655. The number of rotatable bonds is 6. The standard InChI is InChI=1S/C18H17ClF2N2O4S/c19-15-6-5-14(28(24,25)23-7-9-26-10-8-23)11-16(15)22-12-13-3-1-2-4-17(13)27-18(20)21/h1-6,11-12,18H,7-10H2. The fourth-order valence-electron chi connectivity index (χ4n) is 2.62. The molecule has 1 fully saturated rings. The van der Waals surface area contributed by atoms with Crippen molar-refractivity contribution < 1.29 is 26.7 Å². The summed E-state index contributed by atoms with van der Waals surface area (Å²) in [6.07, 6.45) is 1.30. The molecule has 1 saturated heterocycles. The minimum Gasteiger partial charge on any atom is -0.434 e. The van der Waals surface area contributed by atoms with Crippen molar-refractivity contribution in [3.63, 3.8) is 0 Å². The molecule has 0 unspecified atom stereocenters. The summed E-state index contributed by atoms with van der Waals surface area (Å²) in [4.78, 5) is 4.22. The van der Waals surface area contributed by atoms with E-state index in [-0.39, 0.29) is 34.4 Å². The predicted octanol–water partition coefficient (Wildman–Crippen LogP) is 3.71. The summed E-state index contributed by atoms with van der Waals surface area (Å²) in [6, 6.07) is 10.3. The number of nitrogens with zero attached hydrogens (tertiary/aromatic N) is 2. The monoisotopic (exact) mass is 430 g/mol. The summed E-state index contributed by atoms with van der Waals surface area (Å²) in [5.41, 5.74) is 0.503. The van der Waals surface area contributed by atoms with E-state index in [0.717, 1.165) is 0 Å². The van der Waals surface area contributed by atoms with Crippen molar-refractivity contribution in [3.8, 4) is 5.75 Å². The van der Waals surface area contributed by atoms with Gasteiger partial charge in [-0.05, 0) is 30.3 Å². The Morgan fingerprint density at radius 1 is 1.18 bits per heavy atom. The predicted molar refractivity (Wildman–Crippen MR) is 101 cm³/mol. The maximum absolute atomic E-state index is 12.8. The minimum absolute atomic E-state index is 0.0445. The first-order valence-corrected chi connectivity index (χ1v) is 10.1. The zero-order valence-electron chi connectivity index (χ0n) is 14.6. The van der Waals surface area contributed by atoms with Crippen molar-refractivity contribution >= 4 is 33.5 Å². The molecule has 0 aromatic heterocycles. The van der Waals surface area contributed by atoms with Crippen LogP contribution in [-0.4, -0.2) is 51.9 Å². The summed E-state index contributed by atoms with van der Waals surface area (Å²) < 4.78 is 61.6. The summed E-state index contributed by atoms with van der Waals surface area (Å²) in [7, 11) is -3.71. The highest BCUT2D eigenvalue weighted by atomic mass is 35.5. The van der Waals surface area contributed by atoms with Gasteiger partial charge in [-0.25, -0.2) is 8.42 Å². The van der Waals surface area contributed by atoms with Gasteiger partial charge in [-0.15, -0.1) is 0 Å². The number of para-hydroxylation sites is 1. The van der Waals surface area contributed by atoms with Crippen LogP contribution in [0.5, 0.6) is 5.75 Å². The van der Waals surface area contributed by atoms with E-state index in [1.165, 1.54) is 34.8 Å². The third kappa shape index (κ3) is 4.85. The zero-order valence-corrected chi connectivity index (χ0v) is 16.2. The number of sulfonamides is 1. The first-order valence-electron chi connectivity index (χ1n) is 8.33. The van der Waals surface area contributed by atoms with Crippen molar-refractivity contribution in [1.82, 2.24) is 4.31 Å². The van der Waals surface area contributed by atoms with Gasteiger partial charge in [-0.2, -0.15) is 13.1 Å². The Kier molecular flexibility index (Phi) is 6.61. The van der Waals surface area contributed by atoms with E-state index in [1.54, 1.807) is 18.2 Å². The molecule has 0 amide bonds. The van der Waals surface area contributed by atoms with Gasteiger partial charge in [-0.3, -0.25) is 4.99 Å². The molecular formula is C18H17ClF2N2O4S. The molecule has 0 aliphatic carbocycles. The maximum Gasteiger partial charge on any atom is 0.387 e. The summed E-state index contributed by atoms with van der Waals surface area (Å²) in [5, 5.41) is 0.226. The number of morpholine rings is 1. The molecule has 6 nitrogen and oxygen atoms in total. The average Bonchev–Trinajstić information content (AvgIpc) is 2.68. The van der Waals surface area contributed by atoms with Crippen LogP contribution in [0.25, 0.3) is 0 Å². The van der Waals surface area contributed by atoms with Gasteiger partial charge in [0.2, 0.25) is 10.0 Å². The molecule has 0 N–H and O–H groups in total. The van der Waals surface area contributed by atoms with E-state index >= 15 is 0 Å². The van der Waals surface area contributed by atoms with E-state index < -0.39 is 16.6 Å². The van der Waals surface area contributed by atoms with Gasteiger partial charge in [0.1, 0.15) is 5.75 Å². The van der Waals surface area contributed by atoms with Crippen LogP contribution < -0.4 is 4.74 Å². The molecule has 3 rings (SSSR count). The molecule has 0 atom stereocenters. The maximum atomic E-state index is 12.8. The van der Waals surface area contributed by atoms with Gasteiger partial charge in [0.25, 0.3) is 0 Å². The van der Waals surface area contributed by atoms with E-state index in [1.807, 2.05) is 0 Å². The normalized spacial score (nSPS) is 16.0. The Labute approximate surface area is 166 Å². The highest BCUT2D eigenvalue weighted by molar-refractivity contribution is 7.89. The van der Waals surface area contributed by atoms with Crippen LogP contribution in [0.4, 0.5) is 14.5 Å². The van der Waals surface area contributed by atoms with Crippen LogP contribution in [0.1, 0.15) is 5.56 Å². The van der Waals surface area contributed by atoms with Crippen LogP contribution >= 0.6 is 11.6 Å². The number of aliphatic imine (C=N–C) groups is 1. The Morgan fingerprint density at radius 3 is 2.61 bits per heavy atom. The lowest BCUT2D eigenvalue weighted by atomic mass is 10.2. The third-order valence-electron chi connectivity index (χ3n) is 4.00. The van der Waals surface area contributed by atoms with Gasteiger partial charge in [-0.1, -0.05) is 23.7 Å². The molecule has 1 aliphatic heterocycles. The molecule has 28 heavy (non-hydrogen) atoms. The number of alkyl halides is 2. The van der Waals surface area contributed by atoms with Crippen molar-refractivity contribution in [3.05, 3.63) is 53.1 Å². The van der Waals surface area contributed by atoms with Crippen molar-refractivity contribution in [2.24, 2.45) is 4.99 Å². The number of halogens is 3. The smallest absolute Gasteiger partial charge is 0.387 e. The SMILES string of the molecule is O=S(=O)(c1ccc(Cl)c(N=Cc2ccccc2OC(F)F)c1)N1CCOCC1. The number of ether oxygens (including phenoxy) is 2. The van der Waals surface area contributed by atoms with Crippen LogP contribution in [0.3, 0.4) is 0 Å². The molecule has 0 radical (unpaired) electrons. The van der Waals surface area contributed by atoms with Gasteiger partial charge in [0.15, 0.2) is 0 Å². The second-order valence-electron chi connectivity index (χ2n) is 5.80. The largest absolute Gasteiger partial charge is 0.434 e. The molecule has 10 heteroatoms. The average molecular weight is 431 g/mol. The summed E-state index contributed by atoms with van der Waals surface area (Å²) in [6.45, 7) is -1.78. The van der Waals surface area contributed by atoms with Crippen LogP contribution in [-0.2, 0) is 14.8 Å². The molecular weight excluding hydrogens is 414 g/mol. The topological polar surface area (TPSA) is 68.2 Å². The van der Waals surface area contributed by atoms with Gasteiger partial charge in [0, 0.05) is 24.9 Å². The second-order valence-corrected chi connectivity index (χ2v) is 8.15. The van der Waals surface area contributed by atoms with Crippen LogP contribution in [0.2, 0.25) is 5.02 Å². The first kappa shape index (κ1) is 20.7. The molecule has 0 bridgehead atoms. The van der Waals surface area contributed by atoms with Crippen molar-refractivity contribution in [2.75, 3.05) is 26.3 Å². The molecule has 1 aliphatic rings. The lowest BCUT2D eigenvalue weighted by Gasteiger charge is -2.26. The molecule has 0 saturated carbocycles. The zero-order chi connectivity index (χ0) is 20.1. The Balaban J connectivity index is 1.90. The summed E-state index contributed by atoms with van der Waals surface area (Å²) >= 11 is 6.13. The molecule has 0 spiro atoms. The third-order valence-corrected chi connectivity index (χ3v) is 6.22. The van der Waals surface area contributed by atoms with Gasteiger partial charge >= 0.3 is 6.61 Å². The van der Waals surface area contributed by atoms with Crippen LogP contribution in [0, 0.1) is 0 Å². The van der Waals surface area contributed by atoms with Crippen molar-refractivity contribution in [2.45, 2.75) is 11.5 Å². The highest BCUT2D eigenvalue weighted by Crippen LogP contribution is 2.30. The Hall–Kier alpha value is -2.07. The van der Waals surface area contributed by atoms with Crippen molar-refractivity contribution in [1.29, 1.82) is 0 Å². The van der Waals surface area contributed by atoms with E-state index in [2.05, 4.69) is 9.73 Å². The summed E-state index contributed by atoms with van der Waals surface area (Å²) in [5.74, 6) is -0.0468. The highest BCUT2D eigenvalue weighted by Gasteiger charge is 2.26. The van der Waals surface area contributed by atoms with Gasteiger partial charge in [0.05, 0.1) is 28.8 Å². The molecule has 2 aromatic carbocycles. The molecule has 1 heterocycles. The van der Waals surface area contributed by atoms with E-state index in [0.29, 0.717) is 18.8 Å². The van der Waals surface area contributed by atoms with Crippen LogP contribution in [0.15, 0.2) is 52.4 Å². The fraction of sp³-hybridized carbons (Fsp3) is 0.278. The Bertz CT molecular complexity index is 964. The van der Waals surface area contributed by atoms with Gasteiger partial charge < -0.3 is 9.47 Å². The molecule has 2 aromatic rings. The number of benzene rings is 2. The number of hydrogen-bond acceptors (Lipinski definition) is 5. The Morgan fingerprint density at radius 2 is 1.89 bits per heavy atom. The second kappa shape index (κ2) is 8.95. The van der Waals surface area contributed by atoms with E-state index in [9.17, 15) is 17.2 Å². The lowest BCUT2D eigenvalue weighted by molar-refractivity contribution is -0.0499. The minimum atomic E-state index is -3.71. The molecule has 150 valence electrons. The first-order chi connectivity index (χ1) is 13.4. The fourth-order valence-corrected chi connectivity index (χ4v) is 4.21. The lowest BCUT2D eigenvalue weighted by Crippen LogP contribution is -2.40.